The van der Waals surface area contributed by atoms with Gasteiger partial charge in [0.15, 0.2) is 0 Å². The van der Waals surface area contributed by atoms with E-state index in [-0.39, 0.29) is 19.0 Å². The van der Waals surface area contributed by atoms with Crippen molar-refractivity contribution in [3.8, 4) is 0 Å². The number of carbonyl (C=O) groups is 3. The zero-order chi connectivity index (χ0) is 21.0. The number of unbranched alkanes of at least 4 members (excludes halogenated alkanes) is 12. The predicted molar refractivity (Wildman–Crippen MR) is 111 cm³/mol. The molecule has 0 unspecified atom stereocenters. The molecule has 0 fully saturated rings. The van der Waals surface area contributed by atoms with Gasteiger partial charge >= 0.3 is 11.9 Å². The molecule has 0 atom stereocenters. The Balaban J connectivity index is 3.74. The van der Waals surface area contributed by atoms with Crippen LogP contribution in [0.1, 0.15) is 96.8 Å². The molecule has 0 aromatic rings. The standard InChI is InChI=1S/C22H41NO5/c1-4-5-6-7-8-9-10-11-12-13-14-15-16-17-20(24)23(18-21(25)27-2)19-22(26)28-3/h4-19H2,1-3H3. The fraction of sp³-hybridized carbons (Fsp3) is 0.864. The summed E-state index contributed by atoms with van der Waals surface area (Å²) in [6.07, 6.45) is 16.5. The van der Waals surface area contributed by atoms with E-state index in [1.54, 1.807) is 0 Å². The molecule has 164 valence electrons. The minimum absolute atomic E-state index is 0.209. The van der Waals surface area contributed by atoms with Crippen LogP contribution >= 0.6 is 0 Å². The summed E-state index contributed by atoms with van der Waals surface area (Å²) in [5, 5.41) is 0. The van der Waals surface area contributed by atoms with Crippen molar-refractivity contribution in [3.05, 3.63) is 0 Å². The fourth-order valence-corrected chi connectivity index (χ4v) is 3.13. The molecule has 0 aliphatic heterocycles. The molecular weight excluding hydrogens is 358 g/mol. The lowest BCUT2D eigenvalue weighted by atomic mass is 10.0. The Kier molecular flexibility index (Phi) is 17.7. The van der Waals surface area contributed by atoms with E-state index in [1.165, 1.54) is 83.3 Å². The van der Waals surface area contributed by atoms with Gasteiger partial charge in [0.1, 0.15) is 13.1 Å². The van der Waals surface area contributed by atoms with Gasteiger partial charge < -0.3 is 14.4 Å². The van der Waals surface area contributed by atoms with Gasteiger partial charge in [-0.1, -0.05) is 84.0 Å². The SMILES string of the molecule is CCCCCCCCCCCCCCCC(=O)N(CC(=O)OC)CC(=O)OC. The Morgan fingerprint density at radius 2 is 0.964 bits per heavy atom. The average molecular weight is 400 g/mol. The van der Waals surface area contributed by atoms with Crippen molar-refractivity contribution in [2.45, 2.75) is 96.8 Å². The summed E-state index contributed by atoms with van der Waals surface area (Å²) < 4.78 is 9.17. The molecule has 0 aliphatic rings. The number of methoxy groups -OCH3 is 2. The molecule has 0 bridgehead atoms. The summed E-state index contributed by atoms with van der Waals surface area (Å²) in [6, 6.07) is 0. The first-order chi connectivity index (χ1) is 13.5. The van der Waals surface area contributed by atoms with E-state index in [0.717, 1.165) is 19.3 Å². The Hall–Kier alpha value is -1.59. The Morgan fingerprint density at radius 3 is 1.32 bits per heavy atom. The van der Waals surface area contributed by atoms with Crippen LogP contribution in [0.25, 0.3) is 0 Å². The number of ether oxygens (including phenoxy) is 2. The van der Waals surface area contributed by atoms with Crippen LogP contribution in [-0.2, 0) is 23.9 Å². The smallest absolute Gasteiger partial charge is 0.325 e. The predicted octanol–water partition coefficient (Wildman–Crippen LogP) is 4.64. The van der Waals surface area contributed by atoms with Gasteiger partial charge in [-0.3, -0.25) is 14.4 Å². The Labute approximate surface area is 171 Å². The summed E-state index contributed by atoms with van der Waals surface area (Å²) in [7, 11) is 2.52. The highest BCUT2D eigenvalue weighted by molar-refractivity contribution is 5.85. The van der Waals surface area contributed by atoms with Crippen LogP contribution < -0.4 is 0 Å². The van der Waals surface area contributed by atoms with Crippen LogP contribution in [0.5, 0.6) is 0 Å². The van der Waals surface area contributed by atoms with Crippen LogP contribution in [0.3, 0.4) is 0 Å². The van der Waals surface area contributed by atoms with Crippen molar-refractivity contribution in [2.24, 2.45) is 0 Å². The van der Waals surface area contributed by atoms with Crippen molar-refractivity contribution in [3.63, 3.8) is 0 Å². The highest BCUT2D eigenvalue weighted by Gasteiger charge is 2.20. The highest BCUT2D eigenvalue weighted by atomic mass is 16.5. The summed E-state index contributed by atoms with van der Waals surface area (Å²) >= 11 is 0. The second-order valence-corrected chi connectivity index (χ2v) is 7.39. The second kappa shape index (κ2) is 18.8. The minimum Gasteiger partial charge on any atom is -0.468 e. The third kappa shape index (κ3) is 15.5. The van der Waals surface area contributed by atoms with E-state index >= 15 is 0 Å². The maximum absolute atomic E-state index is 12.3. The molecule has 0 aromatic carbocycles. The van der Waals surface area contributed by atoms with Crippen LogP contribution in [0, 0.1) is 0 Å². The lowest BCUT2D eigenvalue weighted by Crippen LogP contribution is -2.40. The fourth-order valence-electron chi connectivity index (χ4n) is 3.13. The monoisotopic (exact) mass is 399 g/mol. The van der Waals surface area contributed by atoms with E-state index in [1.807, 2.05) is 0 Å². The van der Waals surface area contributed by atoms with Crippen LogP contribution in [-0.4, -0.2) is 50.1 Å². The van der Waals surface area contributed by atoms with Gasteiger partial charge in [0.2, 0.25) is 5.91 Å². The molecule has 6 heteroatoms. The Morgan fingerprint density at radius 1 is 0.607 bits per heavy atom. The molecule has 28 heavy (non-hydrogen) atoms. The molecule has 0 spiro atoms. The first-order valence-corrected chi connectivity index (χ1v) is 11.0. The topological polar surface area (TPSA) is 72.9 Å². The van der Waals surface area contributed by atoms with Crippen LogP contribution in [0.15, 0.2) is 0 Å². The van der Waals surface area contributed by atoms with E-state index in [4.69, 9.17) is 0 Å². The van der Waals surface area contributed by atoms with Gasteiger partial charge in [0.25, 0.3) is 0 Å². The molecule has 0 aliphatic carbocycles. The van der Waals surface area contributed by atoms with Crippen molar-refractivity contribution in [2.75, 3.05) is 27.3 Å². The van der Waals surface area contributed by atoms with Crippen molar-refractivity contribution < 1.29 is 23.9 Å². The lowest BCUT2D eigenvalue weighted by molar-refractivity contribution is -0.152. The van der Waals surface area contributed by atoms with Gasteiger partial charge in [0, 0.05) is 6.42 Å². The van der Waals surface area contributed by atoms with Gasteiger partial charge in [0.05, 0.1) is 14.2 Å². The van der Waals surface area contributed by atoms with Crippen LogP contribution in [0.2, 0.25) is 0 Å². The van der Waals surface area contributed by atoms with Gasteiger partial charge in [-0.15, -0.1) is 0 Å². The third-order valence-corrected chi connectivity index (χ3v) is 4.94. The summed E-state index contributed by atoms with van der Waals surface area (Å²) in [5.74, 6) is -1.29. The Bertz CT molecular complexity index is 407. The summed E-state index contributed by atoms with van der Waals surface area (Å²) in [6.45, 7) is 1.81. The molecule has 0 saturated carbocycles. The van der Waals surface area contributed by atoms with Gasteiger partial charge in [-0.2, -0.15) is 0 Å². The quantitative estimate of drug-likeness (QED) is 0.248. The van der Waals surface area contributed by atoms with E-state index in [2.05, 4.69) is 16.4 Å². The molecule has 1 amide bonds. The second-order valence-electron chi connectivity index (χ2n) is 7.39. The normalized spacial score (nSPS) is 10.5. The summed E-state index contributed by atoms with van der Waals surface area (Å²) in [4.78, 5) is 36.3. The first-order valence-electron chi connectivity index (χ1n) is 11.0. The van der Waals surface area contributed by atoms with Gasteiger partial charge in [-0.25, -0.2) is 0 Å². The molecule has 0 N–H and O–H groups in total. The highest BCUT2D eigenvalue weighted by Crippen LogP contribution is 2.13. The maximum atomic E-state index is 12.3. The number of carbonyl (C=O) groups excluding carboxylic acids is 3. The molecule has 0 aromatic heterocycles. The van der Waals surface area contributed by atoms with Crippen LogP contribution in [0.4, 0.5) is 0 Å². The van der Waals surface area contributed by atoms with E-state index in [0.29, 0.717) is 6.42 Å². The lowest BCUT2D eigenvalue weighted by Gasteiger charge is -2.20. The molecule has 0 heterocycles. The van der Waals surface area contributed by atoms with E-state index < -0.39 is 11.9 Å². The number of nitrogens with zero attached hydrogens (tertiary/aromatic N) is 1. The number of rotatable bonds is 18. The number of hydrogen-bond donors (Lipinski definition) is 0. The van der Waals surface area contributed by atoms with Crippen molar-refractivity contribution >= 4 is 17.8 Å². The molecule has 6 nitrogen and oxygen atoms in total. The first kappa shape index (κ1) is 26.4. The minimum atomic E-state index is -0.539. The molecule has 0 radical (unpaired) electrons. The summed E-state index contributed by atoms with van der Waals surface area (Å²) in [5.41, 5.74) is 0. The molecular formula is C22H41NO5. The zero-order valence-corrected chi connectivity index (χ0v) is 18.3. The van der Waals surface area contributed by atoms with Crippen molar-refractivity contribution in [1.29, 1.82) is 0 Å². The van der Waals surface area contributed by atoms with Gasteiger partial charge in [-0.05, 0) is 6.42 Å². The van der Waals surface area contributed by atoms with Crippen molar-refractivity contribution in [1.82, 2.24) is 4.90 Å². The number of esters is 2. The maximum Gasteiger partial charge on any atom is 0.325 e. The zero-order valence-electron chi connectivity index (χ0n) is 18.3. The average Bonchev–Trinajstić information content (AvgIpc) is 2.70. The molecule has 0 saturated heterocycles. The van der Waals surface area contributed by atoms with E-state index in [9.17, 15) is 14.4 Å². The number of hydrogen-bond acceptors (Lipinski definition) is 5. The number of amides is 1. The molecule has 0 rings (SSSR count). The largest absolute Gasteiger partial charge is 0.468 e. The third-order valence-electron chi connectivity index (χ3n) is 4.94.